The van der Waals surface area contributed by atoms with E-state index in [4.69, 9.17) is 9.47 Å². The average molecular weight is 564 g/mol. The SMILES string of the molecule is O=C(/C=C/c1cccc([N+](=O)[O-])c1)Oc1ccc(Br)cc1/C=C1\N=C(c2ccc([N+](=O)[O-])cc2)OC1=O. The minimum Gasteiger partial charge on any atom is -0.423 e. The third-order valence-corrected chi connectivity index (χ3v) is 5.41. The molecule has 0 atom stereocenters. The van der Waals surface area contributed by atoms with Crippen LogP contribution < -0.4 is 4.74 Å². The number of nitro groups is 2. The van der Waals surface area contributed by atoms with Gasteiger partial charge in [-0.1, -0.05) is 28.1 Å². The van der Waals surface area contributed by atoms with Crippen molar-refractivity contribution in [3.8, 4) is 5.75 Å². The molecule has 184 valence electrons. The Labute approximate surface area is 216 Å². The highest BCUT2D eigenvalue weighted by atomic mass is 79.9. The van der Waals surface area contributed by atoms with E-state index in [1.165, 1.54) is 60.7 Å². The van der Waals surface area contributed by atoms with Crippen LogP contribution in [0.3, 0.4) is 0 Å². The van der Waals surface area contributed by atoms with Gasteiger partial charge in [0.25, 0.3) is 11.4 Å². The van der Waals surface area contributed by atoms with Crippen molar-refractivity contribution in [3.05, 3.63) is 120 Å². The number of non-ortho nitro benzene ring substituents is 2. The van der Waals surface area contributed by atoms with E-state index in [-0.39, 0.29) is 28.7 Å². The van der Waals surface area contributed by atoms with E-state index in [0.29, 0.717) is 21.2 Å². The largest absolute Gasteiger partial charge is 0.423 e. The first-order valence-electron chi connectivity index (χ1n) is 10.4. The number of hydrogen-bond donors (Lipinski definition) is 0. The fourth-order valence-corrected chi connectivity index (χ4v) is 3.56. The number of ether oxygens (including phenoxy) is 2. The first kappa shape index (κ1) is 25.1. The molecule has 3 aromatic rings. The van der Waals surface area contributed by atoms with Gasteiger partial charge in [0.1, 0.15) is 5.75 Å². The van der Waals surface area contributed by atoms with E-state index >= 15 is 0 Å². The molecule has 3 aromatic carbocycles. The summed E-state index contributed by atoms with van der Waals surface area (Å²) in [6, 6.07) is 15.8. The Morgan fingerprint density at radius 3 is 2.41 bits per heavy atom. The van der Waals surface area contributed by atoms with E-state index in [1.54, 1.807) is 18.2 Å². The van der Waals surface area contributed by atoms with Crippen LogP contribution in [0.15, 0.2) is 88.0 Å². The number of carbonyl (C=O) groups is 2. The maximum Gasteiger partial charge on any atom is 0.363 e. The molecule has 12 heteroatoms. The number of cyclic esters (lactones) is 1. The molecule has 37 heavy (non-hydrogen) atoms. The van der Waals surface area contributed by atoms with Gasteiger partial charge < -0.3 is 9.47 Å². The van der Waals surface area contributed by atoms with E-state index < -0.39 is 21.8 Å². The van der Waals surface area contributed by atoms with Crippen LogP contribution in [-0.2, 0) is 14.3 Å². The molecule has 0 fully saturated rings. The topological polar surface area (TPSA) is 151 Å². The monoisotopic (exact) mass is 563 g/mol. The van der Waals surface area contributed by atoms with Crippen LogP contribution in [0, 0.1) is 20.2 Å². The Balaban J connectivity index is 1.56. The van der Waals surface area contributed by atoms with Gasteiger partial charge in [-0.05, 0) is 48.0 Å². The highest BCUT2D eigenvalue weighted by Gasteiger charge is 2.25. The molecule has 0 saturated carbocycles. The molecule has 0 amide bonds. The molecule has 4 rings (SSSR count). The lowest BCUT2D eigenvalue weighted by atomic mass is 10.1. The van der Waals surface area contributed by atoms with Gasteiger partial charge in [-0.3, -0.25) is 20.2 Å². The molecule has 0 spiro atoms. The number of nitrogens with zero attached hydrogens (tertiary/aromatic N) is 3. The quantitative estimate of drug-likeness (QED) is 0.124. The first-order chi connectivity index (χ1) is 17.7. The minimum atomic E-state index is -0.754. The lowest BCUT2D eigenvalue weighted by molar-refractivity contribution is -0.385. The van der Waals surface area contributed by atoms with Gasteiger partial charge in [0.15, 0.2) is 5.70 Å². The van der Waals surface area contributed by atoms with Crippen molar-refractivity contribution in [2.45, 2.75) is 0 Å². The summed E-state index contributed by atoms with van der Waals surface area (Å²) >= 11 is 3.33. The van der Waals surface area contributed by atoms with Gasteiger partial charge in [0.2, 0.25) is 5.90 Å². The first-order valence-corrected chi connectivity index (χ1v) is 11.2. The second kappa shape index (κ2) is 10.7. The molecule has 0 aliphatic carbocycles. The molecule has 0 aromatic heterocycles. The van der Waals surface area contributed by atoms with Crippen molar-refractivity contribution in [1.82, 2.24) is 0 Å². The number of hydrogen-bond acceptors (Lipinski definition) is 9. The number of nitro benzene ring substituents is 2. The predicted octanol–water partition coefficient (Wildman–Crippen LogP) is 5.23. The van der Waals surface area contributed by atoms with Crippen LogP contribution >= 0.6 is 15.9 Å². The van der Waals surface area contributed by atoms with Gasteiger partial charge in [-0.2, -0.15) is 0 Å². The van der Waals surface area contributed by atoms with Crippen LogP contribution in [-0.4, -0.2) is 27.7 Å². The molecule has 1 heterocycles. The fourth-order valence-electron chi connectivity index (χ4n) is 3.18. The molecule has 0 unspecified atom stereocenters. The number of aliphatic imine (C=N–C) groups is 1. The van der Waals surface area contributed by atoms with E-state index in [1.807, 2.05) is 0 Å². The molecule has 1 aliphatic rings. The smallest absolute Gasteiger partial charge is 0.363 e. The third kappa shape index (κ3) is 6.18. The second-order valence-electron chi connectivity index (χ2n) is 7.43. The van der Waals surface area contributed by atoms with Gasteiger partial charge in [0, 0.05) is 45.9 Å². The highest BCUT2D eigenvalue weighted by Crippen LogP contribution is 2.28. The second-order valence-corrected chi connectivity index (χ2v) is 8.34. The number of esters is 2. The van der Waals surface area contributed by atoms with Crippen molar-refractivity contribution in [2.75, 3.05) is 0 Å². The summed E-state index contributed by atoms with van der Waals surface area (Å²) in [6.45, 7) is 0. The Kier molecular flexibility index (Phi) is 7.30. The average Bonchev–Trinajstić information content (AvgIpc) is 3.24. The molecule has 0 radical (unpaired) electrons. The zero-order chi connectivity index (χ0) is 26.5. The van der Waals surface area contributed by atoms with Crippen molar-refractivity contribution >= 4 is 57.3 Å². The van der Waals surface area contributed by atoms with Crippen molar-refractivity contribution in [1.29, 1.82) is 0 Å². The summed E-state index contributed by atoms with van der Waals surface area (Å²) in [5.74, 6) is -1.41. The van der Waals surface area contributed by atoms with Gasteiger partial charge in [-0.25, -0.2) is 14.6 Å². The predicted molar refractivity (Wildman–Crippen MR) is 136 cm³/mol. The normalized spacial score (nSPS) is 13.9. The lowest BCUT2D eigenvalue weighted by Gasteiger charge is -2.06. The summed E-state index contributed by atoms with van der Waals surface area (Å²) in [5.41, 5.74) is 0.836. The van der Waals surface area contributed by atoms with Crippen molar-refractivity contribution in [2.24, 2.45) is 4.99 Å². The van der Waals surface area contributed by atoms with Gasteiger partial charge in [0.05, 0.1) is 9.85 Å². The molecular formula is C25H14BrN3O8. The summed E-state index contributed by atoms with van der Waals surface area (Å²) in [6.07, 6.45) is 3.87. The van der Waals surface area contributed by atoms with Crippen molar-refractivity contribution in [3.63, 3.8) is 0 Å². The van der Waals surface area contributed by atoms with Gasteiger partial charge in [-0.15, -0.1) is 0 Å². The molecular weight excluding hydrogens is 550 g/mol. The van der Waals surface area contributed by atoms with Crippen molar-refractivity contribution < 1.29 is 28.9 Å². The molecule has 0 N–H and O–H groups in total. The van der Waals surface area contributed by atoms with Crippen LogP contribution in [0.2, 0.25) is 0 Å². The number of rotatable bonds is 7. The number of benzene rings is 3. The zero-order valence-corrected chi connectivity index (χ0v) is 20.2. The maximum atomic E-state index is 12.4. The standard InChI is InChI=1S/C25H14BrN3O8/c26-18-7-10-22(36-23(30)11-4-15-2-1-3-20(12-15)29(34)35)17(13-18)14-21-25(31)37-24(27-21)16-5-8-19(9-6-16)28(32)33/h1-14H/b11-4+,21-14-. The summed E-state index contributed by atoms with van der Waals surface area (Å²) < 4.78 is 11.2. The summed E-state index contributed by atoms with van der Waals surface area (Å²) in [4.78, 5) is 49.6. The lowest BCUT2D eigenvalue weighted by Crippen LogP contribution is -2.06. The number of halogens is 1. The fraction of sp³-hybridized carbons (Fsp3) is 0. The summed E-state index contributed by atoms with van der Waals surface area (Å²) in [5, 5.41) is 21.8. The number of carbonyl (C=O) groups excluding carboxylic acids is 2. The Morgan fingerprint density at radius 2 is 1.70 bits per heavy atom. The van der Waals surface area contributed by atoms with Crippen LogP contribution in [0.25, 0.3) is 12.2 Å². The van der Waals surface area contributed by atoms with Gasteiger partial charge >= 0.3 is 11.9 Å². The maximum absolute atomic E-state index is 12.4. The molecule has 0 bridgehead atoms. The third-order valence-electron chi connectivity index (χ3n) is 4.91. The molecule has 11 nitrogen and oxygen atoms in total. The molecule has 0 saturated heterocycles. The van der Waals surface area contributed by atoms with E-state index in [9.17, 15) is 29.8 Å². The van der Waals surface area contributed by atoms with Crippen LogP contribution in [0.4, 0.5) is 11.4 Å². The Hall–Kier alpha value is -4.97. The highest BCUT2D eigenvalue weighted by molar-refractivity contribution is 9.10. The van der Waals surface area contributed by atoms with E-state index in [2.05, 4.69) is 20.9 Å². The summed E-state index contributed by atoms with van der Waals surface area (Å²) in [7, 11) is 0. The Morgan fingerprint density at radius 1 is 0.973 bits per heavy atom. The minimum absolute atomic E-state index is 0.0282. The van der Waals surface area contributed by atoms with E-state index in [0.717, 1.165) is 6.08 Å². The van der Waals surface area contributed by atoms with Crippen LogP contribution in [0.1, 0.15) is 16.7 Å². The Bertz CT molecular complexity index is 1530. The molecule has 1 aliphatic heterocycles. The zero-order valence-electron chi connectivity index (χ0n) is 18.6. The van der Waals surface area contributed by atoms with Crippen LogP contribution in [0.5, 0.6) is 5.75 Å².